The third kappa shape index (κ3) is 3.80. The predicted octanol–water partition coefficient (Wildman–Crippen LogP) is 6.14. The minimum absolute atomic E-state index is 0.445. The van der Waals surface area contributed by atoms with Crippen molar-refractivity contribution in [3.05, 3.63) is 113 Å². The summed E-state index contributed by atoms with van der Waals surface area (Å²) in [5, 5.41) is 3.06. The van der Waals surface area contributed by atoms with E-state index in [9.17, 15) is 0 Å². The van der Waals surface area contributed by atoms with E-state index in [0.29, 0.717) is 5.54 Å². The highest BCUT2D eigenvalue weighted by Gasteiger charge is 2.40. The lowest BCUT2D eigenvalue weighted by Gasteiger charge is -2.34. The summed E-state index contributed by atoms with van der Waals surface area (Å²) >= 11 is 0. The SMILES string of the molecule is Cc1cc(C)cc([Si](C)(c2cc(C)cc(C)c2)C2C=CC(c3ccccc3)=C2)c1. The van der Waals surface area contributed by atoms with E-state index in [-0.39, 0.29) is 0 Å². The Balaban J connectivity index is 1.90. The number of hydrogen-bond donors (Lipinski definition) is 0. The molecule has 3 aromatic rings. The molecule has 29 heavy (non-hydrogen) atoms. The first kappa shape index (κ1) is 19.7. The largest absolute Gasteiger partial charge is 0.125 e. The van der Waals surface area contributed by atoms with Crippen molar-refractivity contribution in [2.24, 2.45) is 0 Å². The van der Waals surface area contributed by atoms with Gasteiger partial charge in [0.25, 0.3) is 0 Å². The number of allylic oxidation sites excluding steroid dienone is 4. The van der Waals surface area contributed by atoms with Crippen LogP contribution in [0, 0.1) is 27.7 Å². The van der Waals surface area contributed by atoms with Crippen LogP contribution in [0.25, 0.3) is 5.57 Å². The third-order valence-corrected chi connectivity index (χ3v) is 10.9. The zero-order valence-corrected chi connectivity index (χ0v) is 19.2. The maximum absolute atomic E-state index is 2.55. The fourth-order valence-corrected chi connectivity index (χ4v) is 9.00. The van der Waals surface area contributed by atoms with Crippen molar-refractivity contribution in [2.75, 3.05) is 0 Å². The first-order valence-electron chi connectivity index (χ1n) is 10.5. The Morgan fingerprint density at radius 3 is 1.62 bits per heavy atom. The molecule has 0 nitrogen and oxygen atoms in total. The average Bonchev–Trinajstić information content (AvgIpc) is 3.17. The Labute approximate surface area is 176 Å². The lowest BCUT2D eigenvalue weighted by Crippen LogP contribution is -2.58. The summed E-state index contributed by atoms with van der Waals surface area (Å²) in [5.41, 5.74) is 8.54. The molecular weight excluding hydrogens is 364 g/mol. The van der Waals surface area contributed by atoms with Gasteiger partial charge < -0.3 is 0 Å². The summed E-state index contributed by atoms with van der Waals surface area (Å²) in [6.45, 7) is 11.4. The van der Waals surface area contributed by atoms with Gasteiger partial charge in [0.2, 0.25) is 0 Å². The molecule has 0 N–H and O–H groups in total. The van der Waals surface area contributed by atoms with E-state index in [0.717, 1.165) is 0 Å². The molecule has 0 amide bonds. The van der Waals surface area contributed by atoms with E-state index in [1.807, 2.05) is 0 Å². The van der Waals surface area contributed by atoms with Gasteiger partial charge in [0.05, 0.1) is 0 Å². The van der Waals surface area contributed by atoms with E-state index in [4.69, 9.17) is 0 Å². The fourth-order valence-electron chi connectivity index (χ4n) is 4.79. The smallest absolute Gasteiger partial charge is 0.0790 e. The number of benzene rings is 3. The molecule has 3 aromatic carbocycles. The third-order valence-electron chi connectivity index (χ3n) is 6.26. The predicted molar refractivity (Wildman–Crippen MR) is 130 cm³/mol. The van der Waals surface area contributed by atoms with Crippen molar-refractivity contribution in [2.45, 2.75) is 39.8 Å². The minimum Gasteiger partial charge on any atom is -0.0790 e. The van der Waals surface area contributed by atoms with Crippen molar-refractivity contribution in [3.8, 4) is 0 Å². The maximum Gasteiger partial charge on any atom is 0.125 e. The van der Waals surface area contributed by atoms with Gasteiger partial charge in [0, 0.05) is 0 Å². The van der Waals surface area contributed by atoms with Crippen LogP contribution in [0.2, 0.25) is 12.1 Å². The van der Waals surface area contributed by atoms with Crippen molar-refractivity contribution in [1.29, 1.82) is 0 Å². The molecule has 0 radical (unpaired) electrons. The van der Waals surface area contributed by atoms with E-state index in [1.165, 1.54) is 43.8 Å². The average molecular weight is 395 g/mol. The molecule has 0 fully saturated rings. The van der Waals surface area contributed by atoms with Crippen molar-refractivity contribution in [1.82, 2.24) is 0 Å². The molecule has 4 rings (SSSR count). The van der Waals surface area contributed by atoms with Crippen LogP contribution in [-0.4, -0.2) is 8.07 Å². The molecular formula is C28H30Si. The van der Waals surface area contributed by atoms with Gasteiger partial charge in [0.15, 0.2) is 0 Å². The van der Waals surface area contributed by atoms with Crippen LogP contribution in [0.5, 0.6) is 0 Å². The van der Waals surface area contributed by atoms with Crippen molar-refractivity contribution < 1.29 is 0 Å². The van der Waals surface area contributed by atoms with Crippen LogP contribution in [-0.2, 0) is 0 Å². The van der Waals surface area contributed by atoms with Gasteiger partial charge >= 0.3 is 0 Å². The number of rotatable bonds is 4. The summed E-state index contributed by atoms with van der Waals surface area (Å²) in [4.78, 5) is 0. The lowest BCUT2D eigenvalue weighted by molar-refractivity contribution is 1.30. The van der Waals surface area contributed by atoms with Gasteiger partial charge in [-0.3, -0.25) is 0 Å². The molecule has 1 aliphatic carbocycles. The number of aryl methyl sites for hydroxylation is 4. The molecule has 0 heterocycles. The lowest BCUT2D eigenvalue weighted by atomic mass is 10.1. The van der Waals surface area contributed by atoms with Gasteiger partial charge in [-0.25, -0.2) is 0 Å². The summed E-state index contributed by atoms with van der Waals surface area (Å²) in [6.07, 6.45) is 7.29. The molecule has 0 saturated heterocycles. The fraction of sp³-hybridized carbons (Fsp3) is 0.214. The topological polar surface area (TPSA) is 0 Å². The van der Waals surface area contributed by atoms with Crippen LogP contribution in [0.3, 0.4) is 0 Å². The van der Waals surface area contributed by atoms with Gasteiger partial charge in [0.1, 0.15) is 8.07 Å². The van der Waals surface area contributed by atoms with Crippen LogP contribution in [0.1, 0.15) is 27.8 Å². The molecule has 1 atom stereocenters. The van der Waals surface area contributed by atoms with Gasteiger partial charge in [-0.15, -0.1) is 0 Å². The Bertz CT molecular complexity index is 1010. The Kier molecular flexibility index (Phi) is 5.18. The monoisotopic (exact) mass is 394 g/mol. The second-order valence-corrected chi connectivity index (χ2v) is 13.1. The maximum atomic E-state index is 2.55. The summed E-state index contributed by atoms with van der Waals surface area (Å²) in [5.74, 6) is 0. The van der Waals surface area contributed by atoms with E-state index >= 15 is 0 Å². The zero-order chi connectivity index (χ0) is 20.6. The summed E-state index contributed by atoms with van der Waals surface area (Å²) < 4.78 is 0. The molecule has 0 bridgehead atoms. The molecule has 146 valence electrons. The first-order valence-corrected chi connectivity index (χ1v) is 13.1. The van der Waals surface area contributed by atoms with Crippen molar-refractivity contribution >= 4 is 24.0 Å². The molecule has 1 heteroatoms. The second-order valence-electron chi connectivity index (χ2n) is 8.83. The molecule has 1 unspecified atom stereocenters. The number of hydrogen-bond acceptors (Lipinski definition) is 0. The summed E-state index contributed by atoms with van der Waals surface area (Å²) in [6, 6.07) is 25.1. The molecule has 0 spiro atoms. The first-order chi connectivity index (χ1) is 13.9. The highest BCUT2D eigenvalue weighted by atomic mass is 28.3. The van der Waals surface area contributed by atoms with Crippen LogP contribution in [0.15, 0.2) is 85.0 Å². The Morgan fingerprint density at radius 1 is 0.655 bits per heavy atom. The molecule has 0 saturated carbocycles. The van der Waals surface area contributed by atoms with Gasteiger partial charge in [-0.2, -0.15) is 0 Å². The second kappa shape index (κ2) is 7.65. The quantitative estimate of drug-likeness (QED) is 0.467. The zero-order valence-electron chi connectivity index (χ0n) is 18.2. The van der Waals surface area contributed by atoms with E-state index < -0.39 is 8.07 Å². The van der Waals surface area contributed by atoms with Crippen molar-refractivity contribution in [3.63, 3.8) is 0 Å². The normalized spacial score (nSPS) is 16.2. The van der Waals surface area contributed by atoms with Crippen LogP contribution < -0.4 is 10.4 Å². The van der Waals surface area contributed by atoms with Crippen LogP contribution in [0.4, 0.5) is 0 Å². The molecule has 1 aliphatic rings. The van der Waals surface area contributed by atoms with Crippen LogP contribution >= 0.6 is 0 Å². The summed E-state index contributed by atoms with van der Waals surface area (Å²) in [7, 11) is -2.03. The Hall–Kier alpha value is -2.64. The van der Waals surface area contributed by atoms with E-state index in [1.54, 1.807) is 0 Å². The highest BCUT2D eigenvalue weighted by molar-refractivity contribution is 7.03. The van der Waals surface area contributed by atoms with Gasteiger partial charge in [-0.05, 0) is 44.4 Å². The highest BCUT2D eigenvalue weighted by Crippen LogP contribution is 2.35. The molecule has 0 aliphatic heterocycles. The van der Waals surface area contributed by atoms with E-state index in [2.05, 4.69) is 119 Å². The Morgan fingerprint density at radius 2 is 1.14 bits per heavy atom. The standard InChI is InChI=1S/C28H30Si/c1-20-13-21(2)16-27(15-20)29(5,28-17-22(3)14-23(4)18-28)26-12-11-25(19-26)24-9-7-6-8-10-24/h6-19,26H,1-5H3. The molecule has 0 aromatic heterocycles. The minimum atomic E-state index is -2.03. The van der Waals surface area contributed by atoms with Gasteiger partial charge in [-0.1, -0.05) is 124 Å².